The van der Waals surface area contributed by atoms with Crippen LogP contribution in [0.25, 0.3) is 86.2 Å². The molecular formula is C56H37NS. The fraction of sp³-hybridized carbons (Fsp3) is 0. The monoisotopic (exact) mass is 755 g/mol. The Morgan fingerprint density at radius 1 is 0.293 bits per heavy atom. The molecule has 0 N–H and O–H groups in total. The Bertz CT molecular complexity index is 3270. The second-order valence-electron chi connectivity index (χ2n) is 14.8. The SMILES string of the molecule is c1ccc(-c2ccc(N(c3cccc(-c4cccc5ccccc45)c3-c3ccc(-c4ccccc4)c4ccccc34)c3cccc4c3sc3ccccc34)cc2)cc1. The third kappa shape index (κ3) is 5.77. The minimum absolute atomic E-state index is 1.10. The maximum Gasteiger partial charge on any atom is 0.0640 e. The zero-order valence-corrected chi connectivity index (χ0v) is 32.5. The number of nitrogens with zero attached hydrogens (tertiary/aromatic N) is 1. The molecule has 0 saturated carbocycles. The van der Waals surface area contributed by atoms with Gasteiger partial charge in [-0.3, -0.25) is 0 Å². The zero-order valence-electron chi connectivity index (χ0n) is 31.7. The van der Waals surface area contributed by atoms with Crippen LogP contribution in [0.2, 0.25) is 0 Å². The fourth-order valence-corrected chi connectivity index (χ4v) is 10.0. The lowest BCUT2D eigenvalue weighted by atomic mass is 9.86. The summed E-state index contributed by atoms with van der Waals surface area (Å²) < 4.78 is 2.55. The summed E-state index contributed by atoms with van der Waals surface area (Å²) in [6.07, 6.45) is 0. The number of thiophene rings is 1. The summed E-state index contributed by atoms with van der Waals surface area (Å²) in [5, 5.41) is 7.47. The third-order valence-corrected chi connectivity index (χ3v) is 12.7. The van der Waals surface area contributed by atoms with Crippen LogP contribution in [0.15, 0.2) is 224 Å². The molecule has 0 amide bonds. The van der Waals surface area contributed by atoms with Crippen LogP contribution in [0.3, 0.4) is 0 Å². The van der Waals surface area contributed by atoms with Gasteiger partial charge in [0.2, 0.25) is 0 Å². The largest absolute Gasteiger partial charge is 0.308 e. The fourth-order valence-electron chi connectivity index (χ4n) is 8.83. The molecule has 2 heteroatoms. The van der Waals surface area contributed by atoms with Crippen molar-refractivity contribution < 1.29 is 0 Å². The van der Waals surface area contributed by atoms with Gasteiger partial charge in [0.15, 0.2) is 0 Å². The Morgan fingerprint density at radius 3 is 1.62 bits per heavy atom. The summed E-state index contributed by atoms with van der Waals surface area (Å²) in [5.74, 6) is 0. The van der Waals surface area contributed by atoms with Crippen LogP contribution in [0, 0.1) is 0 Å². The number of fused-ring (bicyclic) bond motifs is 5. The van der Waals surface area contributed by atoms with Gasteiger partial charge in [0.1, 0.15) is 0 Å². The number of rotatable bonds is 7. The molecule has 1 heterocycles. The molecule has 0 fully saturated rings. The van der Waals surface area contributed by atoms with E-state index in [2.05, 4.69) is 229 Å². The van der Waals surface area contributed by atoms with E-state index < -0.39 is 0 Å². The first-order chi connectivity index (χ1) is 28.8. The highest BCUT2D eigenvalue weighted by Gasteiger charge is 2.25. The standard InChI is InChI=1S/C56H37NS/c1-3-16-38(17-4-1)39-32-34-42(35-33-39)57(53-30-15-28-51-48-25-11-12-31-54(48)58-56(51)53)52-29-14-27-49(46-26-13-21-41-20-7-8-22-43(41)46)55(52)50-37-36-44(40-18-5-2-6-19-40)45-23-9-10-24-47(45)50/h1-37H. The van der Waals surface area contributed by atoms with E-state index >= 15 is 0 Å². The molecule has 0 radical (unpaired) electrons. The highest BCUT2D eigenvalue weighted by Crippen LogP contribution is 2.51. The van der Waals surface area contributed by atoms with Crippen molar-refractivity contribution >= 4 is 70.1 Å². The van der Waals surface area contributed by atoms with E-state index in [1.807, 2.05) is 11.3 Å². The van der Waals surface area contributed by atoms with Crippen molar-refractivity contribution in [3.63, 3.8) is 0 Å². The van der Waals surface area contributed by atoms with Gasteiger partial charge in [-0.1, -0.05) is 194 Å². The molecule has 0 aliphatic rings. The van der Waals surface area contributed by atoms with Gasteiger partial charge >= 0.3 is 0 Å². The second kappa shape index (κ2) is 14.4. The summed E-state index contributed by atoms with van der Waals surface area (Å²) in [4.78, 5) is 2.51. The van der Waals surface area contributed by atoms with Crippen molar-refractivity contribution in [2.75, 3.05) is 4.90 Å². The summed E-state index contributed by atoms with van der Waals surface area (Å²) in [7, 11) is 0. The molecule has 272 valence electrons. The Kier molecular flexibility index (Phi) is 8.42. The lowest BCUT2D eigenvalue weighted by molar-refractivity contribution is 1.30. The van der Waals surface area contributed by atoms with Crippen molar-refractivity contribution in [2.45, 2.75) is 0 Å². The first kappa shape index (κ1) is 34.0. The van der Waals surface area contributed by atoms with Crippen molar-refractivity contribution in [1.82, 2.24) is 0 Å². The normalized spacial score (nSPS) is 11.4. The lowest BCUT2D eigenvalue weighted by Crippen LogP contribution is -2.12. The van der Waals surface area contributed by atoms with Gasteiger partial charge in [-0.05, 0) is 90.8 Å². The van der Waals surface area contributed by atoms with E-state index in [1.54, 1.807) is 0 Å². The summed E-state index contributed by atoms with van der Waals surface area (Å²) in [6.45, 7) is 0. The van der Waals surface area contributed by atoms with Gasteiger partial charge in [-0.15, -0.1) is 11.3 Å². The smallest absolute Gasteiger partial charge is 0.0640 e. The molecular weight excluding hydrogens is 719 g/mol. The van der Waals surface area contributed by atoms with Crippen LogP contribution >= 0.6 is 11.3 Å². The summed E-state index contributed by atoms with van der Waals surface area (Å²) >= 11 is 1.87. The van der Waals surface area contributed by atoms with E-state index in [0.29, 0.717) is 0 Å². The molecule has 1 aromatic heterocycles. The van der Waals surface area contributed by atoms with E-state index in [4.69, 9.17) is 0 Å². The van der Waals surface area contributed by atoms with Crippen molar-refractivity contribution in [3.05, 3.63) is 224 Å². The molecule has 11 rings (SSSR count). The number of hydrogen-bond donors (Lipinski definition) is 0. The second-order valence-corrected chi connectivity index (χ2v) is 15.9. The Morgan fingerprint density at radius 2 is 0.828 bits per heavy atom. The van der Waals surface area contributed by atoms with E-state index in [0.717, 1.165) is 17.1 Å². The Balaban J connectivity index is 1.24. The van der Waals surface area contributed by atoms with E-state index in [9.17, 15) is 0 Å². The third-order valence-electron chi connectivity index (χ3n) is 11.5. The Labute approximate surface area is 342 Å². The molecule has 0 unspecified atom stereocenters. The maximum atomic E-state index is 2.51. The van der Waals surface area contributed by atoms with Crippen molar-refractivity contribution in [3.8, 4) is 44.5 Å². The molecule has 0 atom stereocenters. The van der Waals surface area contributed by atoms with E-state index in [1.165, 1.54) is 86.2 Å². The van der Waals surface area contributed by atoms with Gasteiger partial charge in [-0.2, -0.15) is 0 Å². The molecule has 58 heavy (non-hydrogen) atoms. The van der Waals surface area contributed by atoms with Gasteiger partial charge in [-0.25, -0.2) is 0 Å². The lowest BCUT2D eigenvalue weighted by Gasteiger charge is -2.30. The molecule has 10 aromatic carbocycles. The van der Waals surface area contributed by atoms with Crippen LogP contribution in [-0.2, 0) is 0 Å². The minimum Gasteiger partial charge on any atom is -0.308 e. The van der Waals surface area contributed by atoms with Crippen molar-refractivity contribution in [1.29, 1.82) is 0 Å². The highest BCUT2D eigenvalue weighted by atomic mass is 32.1. The van der Waals surface area contributed by atoms with Crippen LogP contribution in [0.4, 0.5) is 17.1 Å². The van der Waals surface area contributed by atoms with Gasteiger partial charge < -0.3 is 4.90 Å². The highest BCUT2D eigenvalue weighted by molar-refractivity contribution is 7.26. The molecule has 0 spiro atoms. The van der Waals surface area contributed by atoms with Gasteiger partial charge in [0, 0.05) is 26.7 Å². The molecule has 0 aliphatic carbocycles. The molecule has 0 aliphatic heterocycles. The molecule has 0 saturated heterocycles. The quantitative estimate of drug-likeness (QED) is 0.157. The maximum absolute atomic E-state index is 2.51. The first-order valence-electron chi connectivity index (χ1n) is 19.8. The molecule has 11 aromatic rings. The minimum atomic E-state index is 1.10. The summed E-state index contributed by atoms with van der Waals surface area (Å²) in [5.41, 5.74) is 13.0. The first-order valence-corrected chi connectivity index (χ1v) is 20.7. The van der Waals surface area contributed by atoms with E-state index in [-0.39, 0.29) is 0 Å². The number of benzene rings is 10. The van der Waals surface area contributed by atoms with Crippen LogP contribution in [-0.4, -0.2) is 0 Å². The number of hydrogen-bond acceptors (Lipinski definition) is 2. The molecule has 1 nitrogen and oxygen atoms in total. The zero-order chi connectivity index (χ0) is 38.4. The predicted octanol–water partition coefficient (Wildman–Crippen LogP) is 16.5. The number of anilines is 3. The van der Waals surface area contributed by atoms with Gasteiger partial charge in [0.05, 0.1) is 16.1 Å². The van der Waals surface area contributed by atoms with Crippen LogP contribution in [0.5, 0.6) is 0 Å². The molecule has 0 bridgehead atoms. The topological polar surface area (TPSA) is 3.24 Å². The average Bonchev–Trinajstić information content (AvgIpc) is 3.69. The van der Waals surface area contributed by atoms with Crippen molar-refractivity contribution in [2.24, 2.45) is 0 Å². The van der Waals surface area contributed by atoms with Crippen LogP contribution < -0.4 is 4.90 Å². The van der Waals surface area contributed by atoms with Crippen LogP contribution in [0.1, 0.15) is 0 Å². The predicted molar refractivity (Wildman–Crippen MR) is 251 cm³/mol. The Hall–Kier alpha value is -7.26. The van der Waals surface area contributed by atoms with Gasteiger partial charge in [0.25, 0.3) is 0 Å². The average molecular weight is 756 g/mol. The summed E-state index contributed by atoms with van der Waals surface area (Å²) in [6, 6.07) is 82.1.